The van der Waals surface area contributed by atoms with Gasteiger partial charge in [-0.15, -0.1) is 0 Å². The van der Waals surface area contributed by atoms with E-state index in [1.165, 1.54) is 0 Å². The Morgan fingerprint density at radius 1 is 1.05 bits per heavy atom. The number of para-hydroxylation sites is 3. The maximum atomic E-state index is 6.19. The molecule has 0 aliphatic carbocycles. The molecule has 0 atom stereocenters. The molecule has 0 aliphatic heterocycles. The normalized spacial score (nSPS) is 10.3. The molecular formula is C16H18ClNO2. The average molecular weight is 292 g/mol. The molecule has 2 N–H and O–H groups in total. The Morgan fingerprint density at radius 2 is 1.80 bits per heavy atom. The summed E-state index contributed by atoms with van der Waals surface area (Å²) in [6.07, 6.45) is 0.939. The third-order valence-corrected chi connectivity index (χ3v) is 3.09. The molecular weight excluding hydrogens is 274 g/mol. The van der Waals surface area contributed by atoms with E-state index in [-0.39, 0.29) is 0 Å². The molecule has 106 valence electrons. The fourth-order valence-electron chi connectivity index (χ4n) is 1.80. The second kappa shape index (κ2) is 7.17. The minimum Gasteiger partial charge on any atom is -0.490 e. The summed E-state index contributed by atoms with van der Waals surface area (Å²) in [7, 11) is 0. The van der Waals surface area contributed by atoms with E-state index < -0.39 is 0 Å². The molecule has 2 rings (SSSR count). The van der Waals surface area contributed by atoms with Crippen LogP contribution in [0.2, 0.25) is 5.02 Å². The zero-order valence-corrected chi connectivity index (χ0v) is 12.2. The third kappa shape index (κ3) is 3.44. The molecule has 2 aromatic rings. The van der Waals surface area contributed by atoms with Crippen LogP contribution in [0.15, 0.2) is 42.5 Å². The summed E-state index contributed by atoms with van der Waals surface area (Å²) in [6.45, 7) is 3.07. The molecule has 0 spiro atoms. The van der Waals surface area contributed by atoms with Crippen LogP contribution in [0, 0.1) is 0 Å². The van der Waals surface area contributed by atoms with Gasteiger partial charge in [-0.25, -0.2) is 0 Å². The molecule has 0 amide bonds. The first-order valence-electron chi connectivity index (χ1n) is 6.63. The molecule has 0 aromatic heterocycles. The summed E-state index contributed by atoms with van der Waals surface area (Å²) >= 11 is 6.19. The summed E-state index contributed by atoms with van der Waals surface area (Å²) in [5.41, 5.74) is 6.59. The molecule has 0 saturated carbocycles. The highest BCUT2D eigenvalue weighted by molar-refractivity contribution is 6.32. The van der Waals surface area contributed by atoms with Crippen molar-refractivity contribution in [3.63, 3.8) is 0 Å². The van der Waals surface area contributed by atoms with Crippen LogP contribution in [0.1, 0.15) is 18.9 Å². The topological polar surface area (TPSA) is 44.5 Å². The van der Waals surface area contributed by atoms with Crippen LogP contribution < -0.4 is 15.2 Å². The summed E-state index contributed by atoms with van der Waals surface area (Å²) in [4.78, 5) is 0. The van der Waals surface area contributed by atoms with Gasteiger partial charge >= 0.3 is 0 Å². The van der Waals surface area contributed by atoms with Gasteiger partial charge in [0.1, 0.15) is 0 Å². The number of nitrogens with two attached hydrogens (primary N) is 1. The molecule has 0 radical (unpaired) electrons. The summed E-state index contributed by atoms with van der Waals surface area (Å²) in [6, 6.07) is 13.1. The van der Waals surface area contributed by atoms with Crippen LogP contribution in [0.3, 0.4) is 0 Å². The largest absolute Gasteiger partial charge is 0.490 e. The van der Waals surface area contributed by atoms with E-state index in [0.717, 1.165) is 12.0 Å². The van der Waals surface area contributed by atoms with E-state index in [0.29, 0.717) is 35.4 Å². The lowest BCUT2D eigenvalue weighted by Gasteiger charge is -2.15. The SMILES string of the molecule is CCCOc1ccccc1Oc1c(Cl)cccc1CN. The number of ether oxygens (including phenoxy) is 2. The smallest absolute Gasteiger partial charge is 0.169 e. The lowest BCUT2D eigenvalue weighted by molar-refractivity contribution is 0.302. The summed E-state index contributed by atoms with van der Waals surface area (Å²) in [5, 5.41) is 0.540. The Bertz CT molecular complexity index is 572. The van der Waals surface area contributed by atoms with Crippen LogP contribution in [0.25, 0.3) is 0 Å². The Balaban J connectivity index is 2.30. The fourth-order valence-corrected chi connectivity index (χ4v) is 2.04. The molecule has 0 heterocycles. The maximum absolute atomic E-state index is 6.19. The summed E-state index contributed by atoms with van der Waals surface area (Å²) < 4.78 is 11.6. The van der Waals surface area contributed by atoms with Crippen molar-refractivity contribution in [2.75, 3.05) is 6.61 Å². The molecule has 0 unspecified atom stereocenters. The van der Waals surface area contributed by atoms with Crippen molar-refractivity contribution in [3.05, 3.63) is 53.1 Å². The van der Waals surface area contributed by atoms with Crippen molar-refractivity contribution in [1.82, 2.24) is 0 Å². The Morgan fingerprint density at radius 3 is 2.50 bits per heavy atom. The zero-order chi connectivity index (χ0) is 14.4. The maximum Gasteiger partial charge on any atom is 0.169 e. The summed E-state index contributed by atoms with van der Waals surface area (Å²) in [5.74, 6) is 1.94. The number of benzene rings is 2. The molecule has 2 aromatic carbocycles. The van der Waals surface area contributed by atoms with E-state index in [1.54, 1.807) is 6.07 Å². The van der Waals surface area contributed by atoms with Crippen LogP contribution in [-0.4, -0.2) is 6.61 Å². The molecule has 0 fully saturated rings. The Labute approximate surface area is 124 Å². The molecule has 3 nitrogen and oxygen atoms in total. The first kappa shape index (κ1) is 14.7. The van der Waals surface area contributed by atoms with Gasteiger partial charge in [0.25, 0.3) is 0 Å². The fraction of sp³-hybridized carbons (Fsp3) is 0.250. The zero-order valence-electron chi connectivity index (χ0n) is 11.4. The quantitative estimate of drug-likeness (QED) is 0.859. The second-order valence-electron chi connectivity index (χ2n) is 4.33. The molecule has 20 heavy (non-hydrogen) atoms. The van der Waals surface area contributed by atoms with Gasteiger partial charge in [-0.3, -0.25) is 0 Å². The van der Waals surface area contributed by atoms with Gasteiger partial charge in [0, 0.05) is 12.1 Å². The third-order valence-electron chi connectivity index (χ3n) is 2.79. The van der Waals surface area contributed by atoms with E-state index in [9.17, 15) is 0 Å². The highest BCUT2D eigenvalue weighted by Gasteiger charge is 2.11. The lowest BCUT2D eigenvalue weighted by atomic mass is 10.2. The highest BCUT2D eigenvalue weighted by atomic mass is 35.5. The second-order valence-corrected chi connectivity index (χ2v) is 4.74. The van der Waals surface area contributed by atoms with Crippen LogP contribution >= 0.6 is 11.6 Å². The predicted octanol–water partition coefficient (Wildman–Crippen LogP) is 4.38. The van der Waals surface area contributed by atoms with Crippen LogP contribution in [-0.2, 0) is 6.54 Å². The van der Waals surface area contributed by atoms with Crippen molar-refractivity contribution >= 4 is 11.6 Å². The van der Waals surface area contributed by atoms with E-state index >= 15 is 0 Å². The van der Waals surface area contributed by atoms with Gasteiger partial charge in [0.05, 0.1) is 11.6 Å². The highest BCUT2D eigenvalue weighted by Crippen LogP contribution is 2.37. The molecule has 0 saturated heterocycles. The van der Waals surface area contributed by atoms with Gasteiger partial charge in [0.2, 0.25) is 0 Å². The molecule has 0 bridgehead atoms. The van der Waals surface area contributed by atoms with Crippen molar-refractivity contribution in [2.24, 2.45) is 5.73 Å². The number of rotatable bonds is 6. The van der Waals surface area contributed by atoms with Gasteiger partial charge in [0.15, 0.2) is 17.2 Å². The van der Waals surface area contributed by atoms with E-state index in [4.69, 9.17) is 26.8 Å². The van der Waals surface area contributed by atoms with Crippen LogP contribution in [0.4, 0.5) is 0 Å². The molecule has 4 heteroatoms. The van der Waals surface area contributed by atoms with Gasteiger partial charge in [-0.2, -0.15) is 0 Å². The standard InChI is InChI=1S/C16H18ClNO2/c1-2-10-19-14-8-3-4-9-15(14)20-16-12(11-18)6-5-7-13(16)17/h3-9H,2,10-11,18H2,1H3. The van der Waals surface area contributed by atoms with Crippen molar-refractivity contribution < 1.29 is 9.47 Å². The predicted molar refractivity (Wildman–Crippen MR) is 81.6 cm³/mol. The monoisotopic (exact) mass is 291 g/mol. The van der Waals surface area contributed by atoms with Crippen molar-refractivity contribution in [1.29, 1.82) is 0 Å². The first-order valence-corrected chi connectivity index (χ1v) is 7.01. The number of hydrogen-bond donors (Lipinski definition) is 1. The number of halogens is 1. The minimum absolute atomic E-state index is 0.369. The van der Waals surface area contributed by atoms with E-state index in [1.807, 2.05) is 36.4 Å². The van der Waals surface area contributed by atoms with Crippen LogP contribution in [0.5, 0.6) is 17.2 Å². The minimum atomic E-state index is 0.369. The van der Waals surface area contributed by atoms with Crippen molar-refractivity contribution in [2.45, 2.75) is 19.9 Å². The van der Waals surface area contributed by atoms with Gasteiger partial charge < -0.3 is 15.2 Å². The Kier molecular flexibility index (Phi) is 5.27. The molecule has 0 aliphatic rings. The van der Waals surface area contributed by atoms with Crippen molar-refractivity contribution in [3.8, 4) is 17.2 Å². The Hall–Kier alpha value is -1.71. The van der Waals surface area contributed by atoms with Gasteiger partial charge in [-0.1, -0.05) is 42.8 Å². The first-order chi connectivity index (χ1) is 9.76. The van der Waals surface area contributed by atoms with E-state index in [2.05, 4.69) is 6.92 Å². The van der Waals surface area contributed by atoms with Gasteiger partial charge in [-0.05, 0) is 24.6 Å². The number of hydrogen-bond acceptors (Lipinski definition) is 3. The average Bonchev–Trinajstić information content (AvgIpc) is 2.48. The lowest BCUT2D eigenvalue weighted by Crippen LogP contribution is -2.01.